The molecule has 1 aliphatic heterocycles. The lowest BCUT2D eigenvalue weighted by atomic mass is 9.52. The number of carbonyl (C=O) groups is 2. The number of benzene rings is 1. The number of anilines is 1. The van der Waals surface area contributed by atoms with Gasteiger partial charge in [0.15, 0.2) is 5.69 Å². The third-order valence-corrected chi connectivity index (χ3v) is 9.65. The molecule has 2 amide bonds. The van der Waals surface area contributed by atoms with Crippen molar-refractivity contribution in [2.24, 2.45) is 30.7 Å². The van der Waals surface area contributed by atoms with Crippen LogP contribution in [0.3, 0.4) is 0 Å². The summed E-state index contributed by atoms with van der Waals surface area (Å²) in [5.74, 6) is 1.03. The largest absolute Gasteiger partial charge is 0.390 e. The molecular weight excluding hydrogens is 509 g/mol. The molecule has 2 heterocycles. The fourth-order valence-electron chi connectivity index (χ4n) is 7.74. The third-order valence-electron chi connectivity index (χ3n) is 9.30. The van der Waals surface area contributed by atoms with Gasteiger partial charge in [0.2, 0.25) is 0 Å². The van der Waals surface area contributed by atoms with Crippen molar-refractivity contribution in [3.63, 3.8) is 0 Å². The van der Waals surface area contributed by atoms with E-state index in [-0.39, 0.29) is 29.1 Å². The first-order valence-corrected chi connectivity index (χ1v) is 14.1. The van der Waals surface area contributed by atoms with E-state index < -0.39 is 17.3 Å². The Morgan fingerprint density at radius 1 is 1.13 bits per heavy atom. The molecule has 2 aromatic rings. The molecule has 1 aromatic carbocycles. The molecule has 10 heteroatoms. The molecule has 3 N–H and O–H groups in total. The Bertz CT molecular complexity index is 1230. The number of nitrogens with one attached hydrogen (secondary N) is 2. The number of aromatic nitrogens is 2. The van der Waals surface area contributed by atoms with Gasteiger partial charge in [-0.2, -0.15) is 5.10 Å². The molecule has 0 spiro atoms. The number of carbonyl (C=O) groups excluding carboxylic acids is 2. The van der Waals surface area contributed by atoms with Crippen molar-refractivity contribution >= 4 is 29.2 Å². The Hall–Kier alpha value is -2.65. The summed E-state index contributed by atoms with van der Waals surface area (Å²) >= 11 is 6.75. The topological polar surface area (TPSA) is 99.5 Å². The number of halogens is 2. The summed E-state index contributed by atoms with van der Waals surface area (Å²) in [6.07, 6.45) is 6.24. The van der Waals surface area contributed by atoms with Crippen LogP contribution in [0.25, 0.3) is 0 Å². The van der Waals surface area contributed by atoms with Crippen LogP contribution in [0.15, 0.2) is 24.3 Å². The molecule has 1 saturated heterocycles. The van der Waals surface area contributed by atoms with Gasteiger partial charge in [-0.15, -0.1) is 0 Å². The van der Waals surface area contributed by atoms with E-state index in [1.807, 2.05) is 0 Å². The fraction of sp³-hybridized carbons (Fsp3) is 0.607. The molecule has 8 nitrogen and oxygen atoms in total. The molecule has 5 aliphatic rings. The number of hydrogen-bond donors (Lipinski definition) is 3. The van der Waals surface area contributed by atoms with E-state index in [2.05, 4.69) is 20.6 Å². The zero-order valence-electron chi connectivity index (χ0n) is 21.6. The monoisotopic (exact) mass is 543 g/mol. The summed E-state index contributed by atoms with van der Waals surface area (Å²) in [6, 6.07) is 6.05. The highest BCUT2D eigenvalue weighted by molar-refractivity contribution is 6.36. The predicted molar refractivity (Wildman–Crippen MR) is 142 cm³/mol. The van der Waals surface area contributed by atoms with Gasteiger partial charge in [-0.1, -0.05) is 23.7 Å². The van der Waals surface area contributed by atoms with Crippen LogP contribution in [0.2, 0.25) is 5.02 Å². The molecule has 38 heavy (non-hydrogen) atoms. The maximum absolute atomic E-state index is 13.9. The Morgan fingerprint density at radius 2 is 1.82 bits per heavy atom. The lowest BCUT2D eigenvalue weighted by Crippen LogP contribution is -2.61. The van der Waals surface area contributed by atoms with Gasteiger partial charge in [0.05, 0.1) is 11.2 Å². The number of aryl methyl sites for hydroxylation is 1. The van der Waals surface area contributed by atoms with Crippen LogP contribution in [0.1, 0.15) is 65.8 Å². The Balaban J connectivity index is 1.06. The average molecular weight is 544 g/mol. The molecule has 4 saturated carbocycles. The Morgan fingerprint density at radius 3 is 2.47 bits per heavy atom. The van der Waals surface area contributed by atoms with Gasteiger partial charge in [0, 0.05) is 32.7 Å². The van der Waals surface area contributed by atoms with Crippen LogP contribution >= 0.6 is 11.6 Å². The molecule has 5 fully saturated rings. The van der Waals surface area contributed by atoms with Gasteiger partial charge in [0.1, 0.15) is 16.7 Å². The number of piperidine rings is 1. The number of amides is 2. The quantitative estimate of drug-likeness (QED) is 0.518. The van der Waals surface area contributed by atoms with Crippen LogP contribution in [0.4, 0.5) is 10.2 Å². The highest BCUT2D eigenvalue weighted by Gasteiger charge is 2.55. The smallest absolute Gasteiger partial charge is 0.273 e. The van der Waals surface area contributed by atoms with E-state index in [0.717, 1.165) is 50.8 Å². The van der Waals surface area contributed by atoms with E-state index in [9.17, 15) is 19.1 Å². The normalized spacial score (nSPS) is 30.5. The van der Waals surface area contributed by atoms with Gasteiger partial charge in [-0.25, -0.2) is 4.39 Å². The van der Waals surface area contributed by atoms with Crippen molar-refractivity contribution in [2.75, 3.05) is 24.5 Å². The zero-order valence-corrected chi connectivity index (χ0v) is 22.4. The second kappa shape index (κ2) is 9.83. The van der Waals surface area contributed by atoms with Crippen molar-refractivity contribution in [1.82, 2.24) is 20.4 Å². The highest BCUT2D eigenvalue weighted by atomic mass is 35.5. The maximum atomic E-state index is 13.9. The minimum Gasteiger partial charge on any atom is -0.390 e. The van der Waals surface area contributed by atoms with Gasteiger partial charge < -0.3 is 20.6 Å². The van der Waals surface area contributed by atoms with Crippen LogP contribution in [0.5, 0.6) is 0 Å². The van der Waals surface area contributed by atoms with E-state index in [1.165, 1.54) is 12.1 Å². The second-order valence-corrected chi connectivity index (χ2v) is 12.3. The molecule has 2 atom stereocenters. The first-order chi connectivity index (χ1) is 18.2. The minimum atomic E-state index is -0.541. The van der Waals surface area contributed by atoms with Crippen LogP contribution in [-0.2, 0) is 7.05 Å². The van der Waals surface area contributed by atoms with E-state index in [4.69, 9.17) is 11.6 Å². The van der Waals surface area contributed by atoms with E-state index >= 15 is 0 Å². The van der Waals surface area contributed by atoms with Gasteiger partial charge >= 0.3 is 0 Å². The summed E-state index contributed by atoms with van der Waals surface area (Å²) in [5, 5.41) is 21.8. The summed E-state index contributed by atoms with van der Waals surface area (Å²) in [5.41, 5.74) is -0.238. The van der Waals surface area contributed by atoms with Gasteiger partial charge in [0.25, 0.3) is 11.8 Å². The summed E-state index contributed by atoms with van der Waals surface area (Å²) in [4.78, 5) is 27.8. The molecule has 1 aromatic heterocycles. The van der Waals surface area contributed by atoms with Gasteiger partial charge in [-0.05, 0) is 80.8 Å². The molecule has 0 radical (unpaired) electrons. The number of aliphatic hydroxyl groups is 1. The summed E-state index contributed by atoms with van der Waals surface area (Å²) in [7, 11) is 1.80. The Kier molecular flexibility index (Phi) is 6.63. The van der Waals surface area contributed by atoms with Crippen molar-refractivity contribution in [1.29, 1.82) is 0 Å². The predicted octanol–water partition coefficient (Wildman–Crippen LogP) is 3.53. The Labute approximate surface area is 226 Å². The van der Waals surface area contributed by atoms with E-state index in [1.54, 1.807) is 23.9 Å². The molecule has 204 valence electrons. The number of rotatable bonds is 6. The zero-order chi connectivity index (χ0) is 26.6. The summed E-state index contributed by atoms with van der Waals surface area (Å²) in [6.45, 7) is 1.91. The first kappa shape index (κ1) is 25.6. The SMILES string of the molecule is Cn1nc(C(=O)NC2C3CC4CC2CC(O)(C4)C3)c(Cl)c1N1CCC(CNC(=O)c2ccccc2F)CC1. The highest BCUT2D eigenvalue weighted by Crippen LogP contribution is 2.55. The van der Waals surface area contributed by atoms with Crippen LogP contribution in [0, 0.1) is 29.5 Å². The number of nitrogens with zero attached hydrogens (tertiary/aromatic N) is 3. The van der Waals surface area contributed by atoms with E-state index in [0.29, 0.717) is 42.4 Å². The molecule has 2 unspecified atom stereocenters. The molecule has 4 aliphatic carbocycles. The molecule has 4 bridgehead atoms. The minimum absolute atomic E-state index is 0.0573. The maximum Gasteiger partial charge on any atom is 0.273 e. The fourth-order valence-corrected chi connectivity index (χ4v) is 8.11. The molecular formula is C28H35ClFN5O3. The van der Waals surface area contributed by atoms with Crippen molar-refractivity contribution in [2.45, 2.75) is 56.6 Å². The average Bonchev–Trinajstić information content (AvgIpc) is 3.18. The summed E-state index contributed by atoms with van der Waals surface area (Å²) < 4.78 is 15.6. The van der Waals surface area contributed by atoms with Crippen molar-refractivity contribution in [3.05, 3.63) is 46.4 Å². The lowest BCUT2D eigenvalue weighted by Gasteiger charge is -2.58. The number of hydrogen-bond acceptors (Lipinski definition) is 5. The lowest BCUT2D eigenvalue weighted by molar-refractivity contribution is -0.136. The standard InChI is InChI=1S/C28H35ClFN5O3/c1-34-27(35-8-6-16(7-9-35)15-31-25(36)20-4-2-3-5-21(20)30)22(29)24(33-34)26(37)32-23-18-10-17-11-19(23)14-28(38,12-17)13-18/h2-5,16-19,23,38H,6-15H2,1H3,(H,31,36)(H,32,37). The van der Waals surface area contributed by atoms with Gasteiger partial charge in [-0.3, -0.25) is 14.3 Å². The van der Waals surface area contributed by atoms with Crippen LogP contribution in [-0.4, -0.2) is 58.0 Å². The third kappa shape index (κ3) is 4.68. The molecule has 7 rings (SSSR count). The second-order valence-electron chi connectivity index (χ2n) is 11.9. The first-order valence-electron chi connectivity index (χ1n) is 13.7. The van der Waals surface area contributed by atoms with Crippen molar-refractivity contribution in [3.8, 4) is 0 Å². The van der Waals surface area contributed by atoms with Crippen LogP contribution < -0.4 is 15.5 Å². The van der Waals surface area contributed by atoms with Crippen molar-refractivity contribution < 1.29 is 19.1 Å².